The summed E-state index contributed by atoms with van der Waals surface area (Å²) >= 11 is 7.73. The Balaban J connectivity index is 1.46. The van der Waals surface area contributed by atoms with Crippen molar-refractivity contribution in [1.29, 1.82) is 0 Å². The number of nitrogens with zero attached hydrogens (tertiary/aromatic N) is 5. The average molecular weight is 472 g/mol. The number of thiazole rings is 1. The molecule has 8 nitrogen and oxygen atoms in total. The van der Waals surface area contributed by atoms with Crippen LogP contribution in [0.1, 0.15) is 39.8 Å². The molecule has 0 bridgehead atoms. The topological polar surface area (TPSA) is 87.1 Å². The molecule has 0 spiro atoms. The standard InChI is InChI=1S/C22H22ClN5O3S/c1-2-17-24-22-28(25-17)21(30)19(32-22)18(14-5-3-6-15(23)13-14)26-8-10-27(11-9-26)20(29)16-7-4-12-31-16/h3-7,12-13,18,30H,2,8-11H2,1H3/t18-/m0/s1. The maximum atomic E-state index is 12.7. The van der Waals surface area contributed by atoms with E-state index in [0.29, 0.717) is 54.2 Å². The summed E-state index contributed by atoms with van der Waals surface area (Å²) in [6, 6.07) is 10.8. The van der Waals surface area contributed by atoms with Crippen molar-refractivity contribution < 1.29 is 14.3 Å². The molecule has 1 saturated heterocycles. The van der Waals surface area contributed by atoms with Gasteiger partial charge in [0.05, 0.1) is 17.2 Å². The minimum atomic E-state index is -0.229. The van der Waals surface area contributed by atoms with Gasteiger partial charge in [0, 0.05) is 37.6 Å². The third-order valence-electron chi connectivity index (χ3n) is 5.67. The van der Waals surface area contributed by atoms with Gasteiger partial charge in [0.1, 0.15) is 0 Å². The zero-order valence-electron chi connectivity index (χ0n) is 17.4. The van der Waals surface area contributed by atoms with Crippen molar-refractivity contribution in [1.82, 2.24) is 24.4 Å². The second-order valence-corrected chi connectivity index (χ2v) is 9.07. The van der Waals surface area contributed by atoms with Crippen molar-refractivity contribution in [2.75, 3.05) is 26.2 Å². The molecule has 5 rings (SSSR count). The summed E-state index contributed by atoms with van der Waals surface area (Å²) in [7, 11) is 0. The van der Waals surface area contributed by atoms with E-state index in [2.05, 4.69) is 15.0 Å². The number of carbonyl (C=O) groups is 1. The summed E-state index contributed by atoms with van der Waals surface area (Å²) in [5.74, 6) is 1.03. The van der Waals surface area contributed by atoms with E-state index in [-0.39, 0.29) is 17.8 Å². The Morgan fingerprint density at radius 2 is 2.06 bits per heavy atom. The second-order valence-electron chi connectivity index (χ2n) is 7.63. The van der Waals surface area contributed by atoms with E-state index in [1.165, 1.54) is 22.1 Å². The third-order valence-corrected chi connectivity index (χ3v) is 6.98. The van der Waals surface area contributed by atoms with E-state index in [9.17, 15) is 9.90 Å². The number of aryl methyl sites for hydroxylation is 1. The van der Waals surface area contributed by atoms with Gasteiger partial charge in [0.25, 0.3) is 5.91 Å². The van der Waals surface area contributed by atoms with Crippen LogP contribution in [0.4, 0.5) is 0 Å². The fraction of sp³-hybridized carbons (Fsp3) is 0.318. The predicted octanol–water partition coefficient (Wildman–Crippen LogP) is 3.85. The van der Waals surface area contributed by atoms with Crippen molar-refractivity contribution in [3.63, 3.8) is 0 Å². The van der Waals surface area contributed by atoms with E-state index in [4.69, 9.17) is 16.0 Å². The van der Waals surface area contributed by atoms with E-state index >= 15 is 0 Å². The van der Waals surface area contributed by atoms with Gasteiger partial charge in [-0.25, -0.2) is 4.98 Å². The van der Waals surface area contributed by atoms with Crippen molar-refractivity contribution in [2.24, 2.45) is 0 Å². The van der Waals surface area contributed by atoms with Gasteiger partial charge in [-0.15, -0.1) is 5.10 Å². The van der Waals surface area contributed by atoms with Crippen LogP contribution in [0.3, 0.4) is 0 Å². The molecule has 1 aromatic carbocycles. The fourth-order valence-electron chi connectivity index (χ4n) is 4.06. The summed E-state index contributed by atoms with van der Waals surface area (Å²) in [4.78, 5) is 22.6. The van der Waals surface area contributed by atoms with Crippen LogP contribution < -0.4 is 0 Å². The zero-order chi connectivity index (χ0) is 22.2. The molecule has 1 aliphatic rings. The van der Waals surface area contributed by atoms with Crippen LogP contribution >= 0.6 is 22.9 Å². The molecule has 1 aliphatic heterocycles. The first-order chi connectivity index (χ1) is 15.5. The molecule has 3 aromatic heterocycles. The molecule has 0 unspecified atom stereocenters. The van der Waals surface area contributed by atoms with Crippen molar-refractivity contribution in [3.8, 4) is 5.88 Å². The lowest BCUT2D eigenvalue weighted by atomic mass is 10.0. The zero-order valence-corrected chi connectivity index (χ0v) is 19.0. The van der Waals surface area contributed by atoms with Crippen LogP contribution in [0, 0.1) is 0 Å². The smallest absolute Gasteiger partial charge is 0.289 e. The Morgan fingerprint density at radius 3 is 2.72 bits per heavy atom. The van der Waals surface area contributed by atoms with Gasteiger partial charge in [0.15, 0.2) is 11.6 Å². The largest absolute Gasteiger partial charge is 0.492 e. The van der Waals surface area contributed by atoms with Crippen LogP contribution in [0.5, 0.6) is 5.88 Å². The number of halogens is 1. The van der Waals surface area contributed by atoms with Gasteiger partial charge in [-0.3, -0.25) is 9.69 Å². The maximum absolute atomic E-state index is 12.7. The summed E-state index contributed by atoms with van der Waals surface area (Å²) in [5, 5.41) is 16.1. The van der Waals surface area contributed by atoms with E-state index in [0.717, 1.165) is 10.4 Å². The Labute approximate surface area is 193 Å². The highest BCUT2D eigenvalue weighted by molar-refractivity contribution is 7.17. The molecule has 1 N–H and O–H groups in total. The highest BCUT2D eigenvalue weighted by atomic mass is 35.5. The van der Waals surface area contributed by atoms with Gasteiger partial charge in [-0.2, -0.15) is 4.52 Å². The van der Waals surface area contributed by atoms with Crippen LogP contribution in [-0.4, -0.2) is 61.6 Å². The lowest BCUT2D eigenvalue weighted by Gasteiger charge is -2.38. The van der Waals surface area contributed by atoms with E-state index in [1.807, 2.05) is 31.2 Å². The lowest BCUT2D eigenvalue weighted by Crippen LogP contribution is -2.49. The number of benzene rings is 1. The predicted molar refractivity (Wildman–Crippen MR) is 121 cm³/mol. The van der Waals surface area contributed by atoms with Gasteiger partial charge in [-0.05, 0) is 29.8 Å². The number of rotatable bonds is 5. The SMILES string of the molecule is CCc1nc2sc([C@H](c3cccc(Cl)c3)N3CCN(C(=O)c4ccco4)CC3)c(O)n2n1. The molecule has 0 saturated carbocycles. The third kappa shape index (κ3) is 3.76. The number of furan rings is 1. The minimum absolute atomic E-state index is 0.0938. The molecule has 1 atom stereocenters. The number of fused-ring (bicyclic) bond motifs is 1. The molecule has 1 fully saturated rings. The molecule has 0 radical (unpaired) electrons. The number of aromatic hydroxyl groups is 1. The number of hydrogen-bond donors (Lipinski definition) is 1. The average Bonchev–Trinajstić information content (AvgIpc) is 3.53. The normalized spacial score (nSPS) is 16.0. The van der Waals surface area contributed by atoms with Crippen molar-refractivity contribution in [2.45, 2.75) is 19.4 Å². The molecule has 1 amide bonds. The number of aromatic nitrogens is 3. The van der Waals surface area contributed by atoms with Gasteiger partial charge in [0.2, 0.25) is 10.8 Å². The van der Waals surface area contributed by atoms with Crippen molar-refractivity contribution in [3.05, 3.63) is 69.7 Å². The lowest BCUT2D eigenvalue weighted by molar-refractivity contribution is 0.0568. The summed E-state index contributed by atoms with van der Waals surface area (Å²) in [6.07, 6.45) is 2.21. The Hall–Kier alpha value is -2.88. The van der Waals surface area contributed by atoms with Crippen LogP contribution in [0.15, 0.2) is 47.1 Å². The highest BCUT2D eigenvalue weighted by Gasteiger charge is 2.33. The van der Waals surface area contributed by atoms with Gasteiger partial charge >= 0.3 is 0 Å². The van der Waals surface area contributed by atoms with Crippen LogP contribution in [-0.2, 0) is 6.42 Å². The van der Waals surface area contributed by atoms with E-state index in [1.54, 1.807) is 17.0 Å². The van der Waals surface area contributed by atoms with Gasteiger partial charge < -0.3 is 14.4 Å². The summed E-state index contributed by atoms with van der Waals surface area (Å²) in [5.41, 5.74) is 0.971. The molecule has 166 valence electrons. The van der Waals surface area contributed by atoms with Crippen LogP contribution in [0.25, 0.3) is 4.96 Å². The first kappa shape index (κ1) is 21.0. The molecular formula is C22H22ClN5O3S. The Morgan fingerprint density at radius 1 is 1.25 bits per heavy atom. The molecule has 0 aliphatic carbocycles. The van der Waals surface area contributed by atoms with Gasteiger partial charge in [-0.1, -0.05) is 42.0 Å². The first-order valence-corrected chi connectivity index (χ1v) is 11.6. The highest BCUT2D eigenvalue weighted by Crippen LogP contribution is 2.40. The molecule has 10 heteroatoms. The first-order valence-electron chi connectivity index (χ1n) is 10.4. The Bertz CT molecular complexity index is 1240. The second kappa shape index (κ2) is 8.57. The van der Waals surface area contributed by atoms with Crippen molar-refractivity contribution >= 4 is 33.8 Å². The monoisotopic (exact) mass is 471 g/mol. The molecule has 4 aromatic rings. The molecule has 4 heterocycles. The number of hydrogen-bond acceptors (Lipinski definition) is 7. The number of carbonyl (C=O) groups excluding carboxylic acids is 1. The van der Waals surface area contributed by atoms with Crippen LogP contribution in [0.2, 0.25) is 5.02 Å². The van der Waals surface area contributed by atoms with E-state index < -0.39 is 0 Å². The number of amides is 1. The fourth-order valence-corrected chi connectivity index (χ4v) is 5.40. The Kier molecular flexibility index (Phi) is 5.62. The summed E-state index contributed by atoms with van der Waals surface area (Å²) < 4.78 is 6.77. The molecular weight excluding hydrogens is 450 g/mol. The summed E-state index contributed by atoms with van der Waals surface area (Å²) in [6.45, 7) is 4.36. The quantitative estimate of drug-likeness (QED) is 0.475. The number of piperazine rings is 1. The minimum Gasteiger partial charge on any atom is -0.492 e. The maximum Gasteiger partial charge on any atom is 0.289 e. The molecule has 32 heavy (non-hydrogen) atoms.